The number of ether oxygens (including phenoxy) is 4. The van der Waals surface area contributed by atoms with Crippen LogP contribution in [0.1, 0.15) is 27.0 Å². The van der Waals surface area contributed by atoms with E-state index in [0.717, 1.165) is 11.1 Å². The lowest BCUT2D eigenvalue weighted by Gasteiger charge is -2.22. The molecule has 1 aliphatic heterocycles. The van der Waals surface area contributed by atoms with E-state index in [1.807, 2.05) is 25.1 Å². The van der Waals surface area contributed by atoms with Crippen molar-refractivity contribution in [2.24, 2.45) is 0 Å². The Morgan fingerprint density at radius 3 is 2.59 bits per heavy atom. The molecule has 0 saturated heterocycles. The molecule has 0 saturated carbocycles. The molecule has 0 atom stereocenters. The highest BCUT2D eigenvalue weighted by Gasteiger charge is 2.22. The molecule has 0 fully saturated rings. The molecular weight excluding hydrogens is 430 g/mol. The van der Waals surface area contributed by atoms with Crippen LogP contribution < -0.4 is 24.3 Å². The van der Waals surface area contributed by atoms with Crippen LogP contribution in [-0.4, -0.2) is 33.2 Å². The van der Waals surface area contributed by atoms with Gasteiger partial charge in [-0.25, -0.2) is 0 Å². The number of halogens is 1. The third kappa shape index (κ3) is 4.32. The minimum atomic E-state index is -0.147. The van der Waals surface area contributed by atoms with Gasteiger partial charge in [-0.3, -0.25) is 4.79 Å². The lowest BCUT2D eigenvalue weighted by atomic mass is 9.96. The Balaban J connectivity index is 1.64. The number of carbonyl (C=O) groups is 1. The summed E-state index contributed by atoms with van der Waals surface area (Å²) in [5.74, 6) is 2.53. The van der Waals surface area contributed by atoms with Gasteiger partial charge in [-0.15, -0.1) is 0 Å². The molecule has 0 spiro atoms. The van der Waals surface area contributed by atoms with Crippen molar-refractivity contribution in [3.8, 4) is 23.0 Å². The molecule has 1 N–H and O–H groups in total. The molecule has 0 aromatic heterocycles. The summed E-state index contributed by atoms with van der Waals surface area (Å²) in [6.07, 6.45) is 0. The SMILES string of the molecule is COc1ccc(CNc2ccc(Cl)cc2C(=O)c2ccc3c(c2C)OCCO3)c(OC)c1. The normalized spacial score (nSPS) is 12.2. The summed E-state index contributed by atoms with van der Waals surface area (Å²) in [5.41, 5.74) is 3.37. The van der Waals surface area contributed by atoms with Crippen LogP contribution in [0.25, 0.3) is 0 Å². The number of hydrogen-bond donors (Lipinski definition) is 1. The van der Waals surface area contributed by atoms with Gasteiger partial charge in [0, 0.05) is 45.6 Å². The summed E-state index contributed by atoms with van der Waals surface area (Å²) >= 11 is 6.24. The molecule has 3 aromatic rings. The molecule has 3 aromatic carbocycles. The van der Waals surface area contributed by atoms with Gasteiger partial charge in [-0.2, -0.15) is 0 Å². The smallest absolute Gasteiger partial charge is 0.195 e. The molecule has 1 aliphatic rings. The number of hydrogen-bond acceptors (Lipinski definition) is 6. The number of rotatable bonds is 7. The second-order valence-corrected chi connectivity index (χ2v) is 7.75. The lowest BCUT2D eigenvalue weighted by molar-refractivity contribution is 0.103. The third-order valence-corrected chi connectivity index (χ3v) is 5.63. The Morgan fingerprint density at radius 2 is 1.81 bits per heavy atom. The van der Waals surface area contributed by atoms with Crippen molar-refractivity contribution in [3.05, 3.63) is 75.8 Å². The zero-order valence-electron chi connectivity index (χ0n) is 18.2. The van der Waals surface area contributed by atoms with Crippen LogP contribution >= 0.6 is 11.6 Å². The number of ketones is 1. The second kappa shape index (κ2) is 9.40. The first kappa shape index (κ1) is 21.8. The van der Waals surface area contributed by atoms with Crippen LogP contribution in [0.5, 0.6) is 23.0 Å². The summed E-state index contributed by atoms with van der Waals surface area (Å²) in [4.78, 5) is 13.5. The monoisotopic (exact) mass is 453 g/mol. The quantitative estimate of drug-likeness (QED) is 0.491. The highest BCUT2D eigenvalue weighted by molar-refractivity contribution is 6.31. The van der Waals surface area contributed by atoms with E-state index in [2.05, 4.69) is 5.32 Å². The van der Waals surface area contributed by atoms with Crippen LogP contribution in [0.15, 0.2) is 48.5 Å². The first-order chi connectivity index (χ1) is 15.5. The van der Waals surface area contributed by atoms with Gasteiger partial charge in [0.15, 0.2) is 17.3 Å². The molecule has 6 nitrogen and oxygen atoms in total. The molecule has 166 valence electrons. The molecule has 0 bridgehead atoms. The zero-order valence-corrected chi connectivity index (χ0v) is 18.9. The van der Waals surface area contributed by atoms with E-state index < -0.39 is 0 Å². The maximum absolute atomic E-state index is 13.5. The van der Waals surface area contributed by atoms with Gasteiger partial charge < -0.3 is 24.3 Å². The molecular formula is C25H24ClNO5. The molecule has 0 radical (unpaired) electrons. The van der Waals surface area contributed by atoms with Gasteiger partial charge in [-0.1, -0.05) is 11.6 Å². The fourth-order valence-corrected chi connectivity index (χ4v) is 3.87. The molecule has 0 aliphatic carbocycles. The fourth-order valence-electron chi connectivity index (χ4n) is 3.69. The highest BCUT2D eigenvalue weighted by Crippen LogP contribution is 2.37. The van der Waals surface area contributed by atoms with E-state index in [1.54, 1.807) is 44.6 Å². The van der Waals surface area contributed by atoms with E-state index >= 15 is 0 Å². The Morgan fingerprint density at radius 1 is 1.00 bits per heavy atom. The maximum atomic E-state index is 13.5. The van der Waals surface area contributed by atoms with E-state index in [1.165, 1.54) is 0 Å². The Kier molecular flexibility index (Phi) is 6.42. The summed E-state index contributed by atoms with van der Waals surface area (Å²) in [6.45, 7) is 3.27. The molecule has 0 amide bonds. The largest absolute Gasteiger partial charge is 0.497 e. The first-order valence-corrected chi connectivity index (χ1v) is 10.6. The predicted octanol–water partition coefficient (Wildman–Crippen LogP) is 5.28. The summed E-state index contributed by atoms with van der Waals surface area (Å²) in [7, 11) is 3.22. The fraction of sp³-hybridized carbons (Fsp3) is 0.240. The number of carbonyl (C=O) groups excluding carboxylic acids is 1. The van der Waals surface area contributed by atoms with Crippen molar-refractivity contribution in [1.82, 2.24) is 0 Å². The lowest BCUT2D eigenvalue weighted by Crippen LogP contribution is -2.17. The van der Waals surface area contributed by atoms with Crippen molar-refractivity contribution in [2.75, 3.05) is 32.8 Å². The highest BCUT2D eigenvalue weighted by atomic mass is 35.5. The predicted molar refractivity (Wildman–Crippen MR) is 124 cm³/mol. The van der Waals surface area contributed by atoms with Crippen molar-refractivity contribution in [1.29, 1.82) is 0 Å². The number of methoxy groups -OCH3 is 2. The number of benzene rings is 3. The van der Waals surface area contributed by atoms with Gasteiger partial charge >= 0.3 is 0 Å². The molecule has 4 rings (SSSR count). The molecule has 7 heteroatoms. The minimum Gasteiger partial charge on any atom is -0.497 e. The van der Waals surface area contributed by atoms with Crippen LogP contribution in [0.4, 0.5) is 5.69 Å². The summed E-state index contributed by atoms with van der Waals surface area (Å²) < 4.78 is 22.1. The maximum Gasteiger partial charge on any atom is 0.195 e. The average Bonchev–Trinajstić information content (AvgIpc) is 2.83. The van der Waals surface area contributed by atoms with Crippen LogP contribution in [-0.2, 0) is 6.54 Å². The molecule has 0 unspecified atom stereocenters. The number of fused-ring (bicyclic) bond motifs is 1. The first-order valence-electron chi connectivity index (χ1n) is 10.2. The van der Waals surface area contributed by atoms with E-state index in [0.29, 0.717) is 64.6 Å². The molecule has 1 heterocycles. The van der Waals surface area contributed by atoms with Crippen molar-refractivity contribution < 1.29 is 23.7 Å². The van der Waals surface area contributed by atoms with E-state index in [9.17, 15) is 4.79 Å². The average molecular weight is 454 g/mol. The summed E-state index contributed by atoms with van der Waals surface area (Å²) in [5, 5.41) is 3.83. The number of nitrogens with one attached hydrogen (secondary N) is 1. The van der Waals surface area contributed by atoms with Crippen LogP contribution in [0.3, 0.4) is 0 Å². The van der Waals surface area contributed by atoms with Crippen LogP contribution in [0.2, 0.25) is 5.02 Å². The van der Waals surface area contributed by atoms with Gasteiger partial charge in [0.05, 0.1) is 14.2 Å². The van der Waals surface area contributed by atoms with Crippen molar-refractivity contribution >= 4 is 23.1 Å². The van der Waals surface area contributed by atoms with Crippen molar-refractivity contribution in [2.45, 2.75) is 13.5 Å². The van der Waals surface area contributed by atoms with Gasteiger partial charge in [-0.05, 0) is 49.4 Å². The standard InChI is InChI=1S/C25H24ClNO5/c1-15-19(7-9-22-25(15)32-11-10-31-22)24(28)20-12-17(26)5-8-21(20)27-14-16-4-6-18(29-2)13-23(16)30-3/h4-9,12-13,27H,10-11,14H2,1-3H3. The minimum absolute atomic E-state index is 0.147. The molecule has 32 heavy (non-hydrogen) atoms. The van der Waals surface area contributed by atoms with E-state index in [-0.39, 0.29) is 5.78 Å². The summed E-state index contributed by atoms with van der Waals surface area (Å²) in [6, 6.07) is 14.4. The number of anilines is 1. The van der Waals surface area contributed by atoms with Crippen LogP contribution in [0, 0.1) is 6.92 Å². The Hall–Kier alpha value is -3.38. The van der Waals surface area contributed by atoms with Gasteiger partial charge in [0.25, 0.3) is 0 Å². The second-order valence-electron chi connectivity index (χ2n) is 7.31. The van der Waals surface area contributed by atoms with Gasteiger partial charge in [0.1, 0.15) is 24.7 Å². The topological polar surface area (TPSA) is 66.0 Å². The third-order valence-electron chi connectivity index (χ3n) is 5.39. The Bertz CT molecular complexity index is 1160. The van der Waals surface area contributed by atoms with Crippen molar-refractivity contribution in [3.63, 3.8) is 0 Å². The van der Waals surface area contributed by atoms with Gasteiger partial charge in [0.2, 0.25) is 0 Å². The van der Waals surface area contributed by atoms with E-state index in [4.69, 9.17) is 30.5 Å². The zero-order chi connectivity index (χ0) is 22.7. The Labute approximate surface area is 192 Å².